The first-order valence-electron chi connectivity index (χ1n) is 7.72. The highest BCUT2D eigenvalue weighted by molar-refractivity contribution is 5.92. The van der Waals surface area contributed by atoms with Crippen LogP contribution < -0.4 is 10.6 Å². The van der Waals surface area contributed by atoms with Crippen molar-refractivity contribution in [3.63, 3.8) is 0 Å². The molecule has 5 nitrogen and oxygen atoms in total. The van der Waals surface area contributed by atoms with Crippen LogP contribution in [0.15, 0.2) is 24.3 Å². The maximum absolute atomic E-state index is 12.2. The average molecular weight is 299 g/mol. The molecule has 0 aromatic heterocycles. The summed E-state index contributed by atoms with van der Waals surface area (Å²) in [4.78, 5) is 23.5. The Kier molecular flexibility index (Phi) is 5.96. The maximum atomic E-state index is 12.2. The van der Waals surface area contributed by atoms with Crippen LogP contribution in [0.2, 0.25) is 0 Å². The van der Waals surface area contributed by atoms with Crippen molar-refractivity contribution in [2.45, 2.75) is 45.1 Å². The Bertz CT molecular complexity index is 572. The quantitative estimate of drug-likeness (QED) is 0.877. The first-order valence-corrected chi connectivity index (χ1v) is 7.72. The third kappa shape index (κ3) is 4.88. The molecule has 0 bridgehead atoms. The van der Waals surface area contributed by atoms with Gasteiger partial charge in [-0.25, -0.2) is 0 Å². The van der Waals surface area contributed by atoms with Gasteiger partial charge in [0.25, 0.3) is 0 Å². The van der Waals surface area contributed by atoms with Gasteiger partial charge in [0.2, 0.25) is 11.8 Å². The number of nitrogens with one attached hydrogen (secondary N) is 2. The fourth-order valence-electron chi connectivity index (χ4n) is 2.70. The molecular weight excluding hydrogens is 278 g/mol. The summed E-state index contributed by atoms with van der Waals surface area (Å²) in [5.74, 6) is -0.0859. The van der Waals surface area contributed by atoms with Crippen LogP contribution in [0.1, 0.15) is 44.1 Å². The van der Waals surface area contributed by atoms with Gasteiger partial charge in [-0.05, 0) is 30.5 Å². The highest BCUT2D eigenvalue weighted by Gasteiger charge is 2.20. The highest BCUT2D eigenvalue weighted by Crippen LogP contribution is 2.25. The van der Waals surface area contributed by atoms with Crippen LogP contribution >= 0.6 is 0 Å². The van der Waals surface area contributed by atoms with E-state index >= 15 is 0 Å². The third-order valence-electron chi connectivity index (χ3n) is 3.90. The number of nitriles is 1. The molecule has 1 aliphatic rings. The number of hydrogen-bond acceptors (Lipinski definition) is 3. The van der Waals surface area contributed by atoms with Crippen molar-refractivity contribution < 1.29 is 9.59 Å². The number of amides is 2. The maximum Gasteiger partial charge on any atom is 0.234 e. The van der Waals surface area contributed by atoms with Crippen molar-refractivity contribution >= 4 is 17.5 Å². The zero-order chi connectivity index (χ0) is 15.8. The van der Waals surface area contributed by atoms with Gasteiger partial charge in [-0.1, -0.05) is 31.4 Å². The van der Waals surface area contributed by atoms with Crippen molar-refractivity contribution in [2.75, 3.05) is 5.32 Å². The summed E-state index contributed by atoms with van der Waals surface area (Å²) in [6.07, 6.45) is 5.28. The Balaban J connectivity index is 1.89. The van der Waals surface area contributed by atoms with E-state index in [1.165, 1.54) is 6.42 Å². The predicted molar refractivity (Wildman–Crippen MR) is 83.7 cm³/mol. The number of nitrogens with zero attached hydrogens (tertiary/aromatic N) is 1. The molecule has 0 aliphatic heterocycles. The molecule has 1 aromatic carbocycles. The van der Waals surface area contributed by atoms with E-state index in [1.54, 1.807) is 0 Å². The number of hydrogen-bond donors (Lipinski definition) is 2. The first-order chi connectivity index (χ1) is 10.7. The summed E-state index contributed by atoms with van der Waals surface area (Å²) >= 11 is 0. The largest absolute Gasteiger partial charge is 0.351 e. The summed E-state index contributed by atoms with van der Waals surface area (Å²) in [6, 6.07) is 9.24. The standard InChI is InChI=1S/C17H21N3O2/c18-10-9-16(21)19-12-13-5-4-8-15(11-13)20-17(22)14-6-2-1-3-7-14/h4-5,8,11,14H,1-3,6-7,9,12H2,(H,19,21)(H,20,22). The van der Waals surface area contributed by atoms with Gasteiger partial charge < -0.3 is 10.6 Å². The lowest BCUT2D eigenvalue weighted by Crippen LogP contribution is -2.25. The van der Waals surface area contributed by atoms with Gasteiger partial charge in [-0.15, -0.1) is 0 Å². The monoisotopic (exact) mass is 299 g/mol. The summed E-state index contributed by atoms with van der Waals surface area (Å²) in [7, 11) is 0. The molecule has 0 radical (unpaired) electrons. The number of rotatable bonds is 5. The lowest BCUT2D eigenvalue weighted by Gasteiger charge is -2.20. The van der Waals surface area contributed by atoms with Crippen molar-refractivity contribution in [3.05, 3.63) is 29.8 Å². The Morgan fingerprint density at radius 3 is 2.73 bits per heavy atom. The van der Waals surface area contributed by atoms with Gasteiger partial charge in [0.05, 0.1) is 6.07 Å². The van der Waals surface area contributed by atoms with Crippen LogP contribution in [0, 0.1) is 17.2 Å². The zero-order valence-electron chi connectivity index (χ0n) is 12.6. The second kappa shape index (κ2) is 8.18. The van der Waals surface area contributed by atoms with Crippen LogP contribution in [-0.4, -0.2) is 11.8 Å². The topological polar surface area (TPSA) is 82.0 Å². The molecule has 1 aromatic rings. The second-order valence-corrected chi connectivity index (χ2v) is 5.64. The molecule has 0 unspecified atom stereocenters. The molecular formula is C17H21N3O2. The van der Waals surface area contributed by atoms with Crippen molar-refractivity contribution in [1.29, 1.82) is 5.26 Å². The minimum atomic E-state index is -0.292. The minimum Gasteiger partial charge on any atom is -0.351 e. The number of carbonyl (C=O) groups excluding carboxylic acids is 2. The Morgan fingerprint density at radius 1 is 1.23 bits per heavy atom. The van der Waals surface area contributed by atoms with Crippen LogP contribution in [-0.2, 0) is 16.1 Å². The lowest BCUT2D eigenvalue weighted by molar-refractivity contribution is -0.121. The molecule has 2 N–H and O–H groups in total. The zero-order valence-corrected chi connectivity index (χ0v) is 12.6. The van der Waals surface area contributed by atoms with Crippen molar-refractivity contribution in [3.8, 4) is 6.07 Å². The van der Waals surface area contributed by atoms with E-state index in [9.17, 15) is 9.59 Å². The molecule has 1 saturated carbocycles. The predicted octanol–water partition coefficient (Wildman–Crippen LogP) is 2.74. The van der Waals surface area contributed by atoms with Gasteiger partial charge in [0.15, 0.2) is 0 Å². The van der Waals surface area contributed by atoms with Gasteiger partial charge in [-0.3, -0.25) is 9.59 Å². The lowest BCUT2D eigenvalue weighted by atomic mass is 9.88. The average Bonchev–Trinajstić information content (AvgIpc) is 2.54. The molecule has 1 aliphatic carbocycles. The van der Waals surface area contributed by atoms with Crippen LogP contribution in [0.4, 0.5) is 5.69 Å². The van der Waals surface area contributed by atoms with E-state index in [0.717, 1.165) is 36.9 Å². The number of anilines is 1. The molecule has 0 heterocycles. The molecule has 22 heavy (non-hydrogen) atoms. The Labute approximate surface area is 130 Å². The molecule has 116 valence electrons. The third-order valence-corrected chi connectivity index (χ3v) is 3.90. The van der Waals surface area contributed by atoms with E-state index in [1.807, 2.05) is 30.3 Å². The summed E-state index contributed by atoms with van der Waals surface area (Å²) in [5, 5.41) is 14.1. The van der Waals surface area contributed by atoms with Crippen LogP contribution in [0.5, 0.6) is 0 Å². The van der Waals surface area contributed by atoms with Crippen molar-refractivity contribution in [2.24, 2.45) is 5.92 Å². The molecule has 0 atom stereocenters. The minimum absolute atomic E-state index is 0.0883. The van der Waals surface area contributed by atoms with E-state index in [-0.39, 0.29) is 24.2 Å². The molecule has 0 saturated heterocycles. The smallest absolute Gasteiger partial charge is 0.234 e. The Hall–Kier alpha value is -2.35. The van der Waals surface area contributed by atoms with E-state index in [0.29, 0.717) is 6.54 Å². The molecule has 1 fully saturated rings. The normalized spacial score (nSPS) is 14.9. The van der Waals surface area contributed by atoms with Crippen molar-refractivity contribution in [1.82, 2.24) is 5.32 Å². The highest BCUT2D eigenvalue weighted by atomic mass is 16.2. The Morgan fingerprint density at radius 2 is 2.00 bits per heavy atom. The number of benzene rings is 1. The molecule has 2 amide bonds. The van der Waals surface area contributed by atoms with Gasteiger partial charge in [0, 0.05) is 18.2 Å². The SMILES string of the molecule is N#CCC(=O)NCc1cccc(NC(=O)C2CCCCC2)c1. The van der Waals surface area contributed by atoms with E-state index in [4.69, 9.17) is 5.26 Å². The van der Waals surface area contributed by atoms with Gasteiger partial charge >= 0.3 is 0 Å². The molecule has 5 heteroatoms. The molecule has 2 rings (SSSR count). The van der Waals surface area contributed by atoms with E-state index < -0.39 is 0 Å². The summed E-state index contributed by atoms with van der Waals surface area (Å²) in [5.41, 5.74) is 1.65. The summed E-state index contributed by atoms with van der Waals surface area (Å²) in [6.45, 7) is 0.355. The van der Waals surface area contributed by atoms with Gasteiger partial charge in [0.1, 0.15) is 6.42 Å². The second-order valence-electron chi connectivity index (χ2n) is 5.64. The van der Waals surface area contributed by atoms with Crippen LogP contribution in [0.25, 0.3) is 0 Å². The fraction of sp³-hybridized carbons (Fsp3) is 0.471. The van der Waals surface area contributed by atoms with Gasteiger partial charge in [-0.2, -0.15) is 5.26 Å². The fourth-order valence-corrected chi connectivity index (χ4v) is 2.70. The number of carbonyl (C=O) groups is 2. The first kappa shape index (κ1) is 16.0. The van der Waals surface area contributed by atoms with E-state index in [2.05, 4.69) is 10.6 Å². The molecule has 0 spiro atoms. The summed E-state index contributed by atoms with van der Waals surface area (Å²) < 4.78 is 0. The van der Waals surface area contributed by atoms with Crippen LogP contribution in [0.3, 0.4) is 0 Å².